The van der Waals surface area contributed by atoms with Crippen molar-refractivity contribution in [1.82, 2.24) is 4.90 Å². The second kappa shape index (κ2) is 5.19. The lowest BCUT2D eigenvalue weighted by atomic mass is 10.1. The standard InChI is InChI=1S/C9H17NO3/c1-2-10(4-5-11)9(12)8-3-6-13-7-8/h8,11H,2-7H2,1H3. The molecular formula is C9H17NO3. The maximum atomic E-state index is 11.7. The van der Waals surface area contributed by atoms with Crippen molar-refractivity contribution in [3.63, 3.8) is 0 Å². The van der Waals surface area contributed by atoms with Gasteiger partial charge >= 0.3 is 0 Å². The van der Waals surface area contributed by atoms with Crippen molar-refractivity contribution in [3.8, 4) is 0 Å². The fourth-order valence-corrected chi connectivity index (χ4v) is 1.53. The molecule has 4 nitrogen and oxygen atoms in total. The predicted molar refractivity (Wildman–Crippen MR) is 48.3 cm³/mol. The summed E-state index contributed by atoms with van der Waals surface area (Å²) in [5.41, 5.74) is 0. The average molecular weight is 187 g/mol. The quantitative estimate of drug-likeness (QED) is 0.666. The fraction of sp³-hybridized carbons (Fsp3) is 0.889. The highest BCUT2D eigenvalue weighted by Crippen LogP contribution is 2.15. The van der Waals surface area contributed by atoms with Crippen LogP contribution in [0.1, 0.15) is 13.3 Å². The first-order chi connectivity index (χ1) is 6.29. The molecule has 0 radical (unpaired) electrons. The minimum atomic E-state index is 0.0199. The largest absolute Gasteiger partial charge is 0.395 e. The van der Waals surface area contributed by atoms with E-state index < -0.39 is 0 Å². The monoisotopic (exact) mass is 187 g/mol. The Morgan fingerprint density at radius 1 is 1.69 bits per heavy atom. The number of likely N-dealkylation sites (N-methyl/N-ethyl adjacent to an activating group) is 1. The summed E-state index contributed by atoms with van der Waals surface area (Å²) in [7, 11) is 0. The van der Waals surface area contributed by atoms with E-state index in [1.54, 1.807) is 4.90 Å². The van der Waals surface area contributed by atoms with Gasteiger partial charge in [0.25, 0.3) is 0 Å². The van der Waals surface area contributed by atoms with Crippen LogP contribution in [0.2, 0.25) is 0 Å². The summed E-state index contributed by atoms with van der Waals surface area (Å²) >= 11 is 0. The summed E-state index contributed by atoms with van der Waals surface area (Å²) in [5, 5.41) is 8.73. The zero-order valence-corrected chi connectivity index (χ0v) is 8.03. The second-order valence-corrected chi connectivity index (χ2v) is 3.20. The first-order valence-electron chi connectivity index (χ1n) is 4.77. The number of ether oxygens (including phenoxy) is 1. The van der Waals surface area contributed by atoms with Crippen molar-refractivity contribution in [2.75, 3.05) is 32.9 Å². The molecule has 0 bridgehead atoms. The minimum absolute atomic E-state index is 0.0199. The van der Waals surface area contributed by atoms with E-state index in [-0.39, 0.29) is 18.4 Å². The molecule has 1 N–H and O–H groups in total. The van der Waals surface area contributed by atoms with E-state index in [1.165, 1.54) is 0 Å². The summed E-state index contributed by atoms with van der Waals surface area (Å²) in [6.45, 7) is 4.28. The highest BCUT2D eigenvalue weighted by molar-refractivity contribution is 5.79. The smallest absolute Gasteiger partial charge is 0.228 e. The molecule has 1 atom stereocenters. The topological polar surface area (TPSA) is 49.8 Å². The van der Waals surface area contributed by atoms with Gasteiger partial charge in [-0.05, 0) is 13.3 Å². The summed E-state index contributed by atoms with van der Waals surface area (Å²) in [6, 6.07) is 0. The predicted octanol–water partition coefficient (Wildman–Crippen LogP) is -0.136. The zero-order chi connectivity index (χ0) is 9.68. The average Bonchev–Trinajstić information content (AvgIpc) is 2.65. The van der Waals surface area contributed by atoms with Crippen molar-refractivity contribution in [2.24, 2.45) is 5.92 Å². The van der Waals surface area contributed by atoms with Crippen molar-refractivity contribution >= 4 is 5.91 Å². The van der Waals surface area contributed by atoms with Crippen LogP contribution in [0.15, 0.2) is 0 Å². The number of amides is 1. The summed E-state index contributed by atoms with van der Waals surface area (Å²) < 4.78 is 5.14. The second-order valence-electron chi connectivity index (χ2n) is 3.20. The molecule has 1 amide bonds. The number of carbonyl (C=O) groups is 1. The van der Waals surface area contributed by atoms with E-state index in [2.05, 4.69) is 0 Å². The number of hydrogen-bond acceptors (Lipinski definition) is 3. The van der Waals surface area contributed by atoms with Gasteiger partial charge in [-0.15, -0.1) is 0 Å². The lowest BCUT2D eigenvalue weighted by Gasteiger charge is -2.22. The lowest BCUT2D eigenvalue weighted by Crippen LogP contribution is -2.38. The van der Waals surface area contributed by atoms with Crippen molar-refractivity contribution < 1.29 is 14.6 Å². The molecule has 1 rings (SSSR count). The highest BCUT2D eigenvalue weighted by atomic mass is 16.5. The van der Waals surface area contributed by atoms with Gasteiger partial charge in [-0.1, -0.05) is 0 Å². The molecule has 1 aliphatic rings. The summed E-state index contributed by atoms with van der Waals surface area (Å²) in [4.78, 5) is 13.4. The molecule has 13 heavy (non-hydrogen) atoms. The number of hydrogen-bond donors (Lipinski definition) is 1. The first-order valence-corrected chi connectivity index (χ1v) is 4.77. The zero-order valence-electron chi connectivity index (χ0n) is 8.03. The van der Waals surface area contributed by atoms with Crippen LogP contribution in [0.25, 0.3) is 0 Å². The van der Waals surface area contributed by atoms with Gasteiger partial charge < -0.3 is 14.7 Å². The van der Waals surface area contributed by atoms with Crippen molar-refractivity contribution in [2.45, 2.75) is 13.3 Å². The molecular weight excluding hydrogens is 170 g/mol. The molecule has 4 heteroatoms. The Bertz CT molecular complexity index is 166. The van der Waals surface area contributed by atoms with E-state index in [4.69, 9.17) is 9.84 Å². The van der Waals surface area contributed by atoms with Crippen LogP contribution in [0.4, 0.5) is 0 Å². The summed E-state index contributed by atoms with van der Waals surface area (Å²) in [5.74, 6) is 0.139. The maximum Gasteiger partial charge on any atom is 0.228 e. The molecule has 1 heterocycles. The molecule has 1 saturated heterocycles. The molecule has 0 aromatic heterocycles. The lowest BCUT2D eigenvalue weighted by molar-refractivity contribution is -0.135. The van der Waals surface area contributed by atoms with Gasteiger partial charge in [-0.3, -0.25) is 4.79 Å². The Kier molecular flexibility index (Phi) is 4.18. The molecule has 1 unspecified atom stereocenters. The van der Waals surface area contributed by atoms with E-state index in [9.17, 15) is 4.79 Å². The van der Waals surface area contributed by atoms with Crippen LogP contribution >= 0.6 is 0 Å². The molecule has 0 aromatic rings. The molecule has 0 aromatic carbocycles. The third-order valence-electron chi connectivity index (χ3n) is 2.34. The van der Waals surface area contributed by atoms with Gasteiger partial charge in [0, 0.05) is 19.7 Å². The van der Waals surface area contributed by atoms with Crippen LogP contribution in [-0.4, -0.2) is 48.8 Å². The van der Waals surface area contributed by atoms with Crippen LogP contribution in [0.5, 0.6) is 0 Å². The third kappa shape index (κ3) is 2.67. The maximum absolute atomic E-state index is 11.7. The van der Waals surface area contributed by atoms with E-state index in [1.807, 2.05) is 6.92 Å². The van der Waals surface area contributed by atoms with Gasteiger partial charge in [0.05, 0.1) is 19.1 Å². The number of aliphatic hydroxyl groups excluding tert-OH is 1. The normalized spacial score (nSPS) is 21.8. The third-order valence-corrected chi connectivity index (χ3v) is 2.34. The van der Waals surface area contributed by atoms with E-state index in [0.29, 0.717) is 26.3 Å². The van der Waals surface area contributed by atoms with Gasteiger partial charge in [0.1, 0.15) is 0 Å². The van der Waals surface area contributed by atoms with Crippen molar-refractivity contribution in [3.05, 3.63) is 0 Å². The Hall–Kier alpha value is -0.610. The van der Waals surface area contributed by atoms with E-state index >= 15 is 0 Å². The van der Waals surface area contributed by atoms with Crippen LogP contribution in [0.3, 0.4) is 0 Å². The number of aliphatic hydroxyl groups is 1. The molecule has 0 aliphatic carbocycles. The first kappa shape index (κ1) is 10.5. The number of nitrogens with zero attached hydrogens (tertiary/aromatic N) is 1. The Balaban J connectivity index is 2.42. The van der Waals surface area contributed by atoms with Crippen molar-refractivity contribution in [1.29, 1.82) is 0 Å². The number of rotatable bonds is 4. The Morgan fingerprint density at radius 2 is 2.46 bits per heavy atom. The molecule has 76 valence electrons. The Labute approximate surface area is 78.5 Å². The Morgan fingerprint density at radius 3 is 2.92 bits per heavy atom. The van der Waals surface area contributed by atoms with Gasteiger partial charge in [-0.2, -0.15) is 0 Å². The van der Waals surface area contributed by atoms with Gasteiger partial charge in [-0.25, -0.2) is 0 Å². The van der Waals surface area contributed by atoms with Gasteiger partial charge in [0.2, 0.25) is 5.91 Å². The van der Waals surface area contributed by atoms with E-state index in [0.717, 1.165) is 6.42 Å². The SMILES string of the molecule is CCN(CCO)C(=O)C1CCOC1. The van der Waals surface area contributed by atoms with Crippen LogP contribution in [0, 0.1) is 5.92 Å². The molecule has 1 aliphatic heterocycles. The van der Waals surface area contributed by atoms with Crippen LogP contribution in [-0.2, 0) is 9.53 Å². The fourth-order valence-electron chi connectivity index (χ4n) is 1.53. The highest BCUT2D eigenvalue weighted by Gasteiger charge is 2.26. The molecule has 1 fully saturated rings. The molecule has 0 saturated carbocycles. The number of carbonyl (C=O) groups excluding carboxylic acids is 1. The molecule has 0 spiro atoms. The minimum Gasteiger partial charge on any atom is -0.395 e. The van der Waals surface area contributed by atoms with Gasteiger partial charge in [0.15, 0.2) is 0 Å². The summed E-state index contributed by atoms with van der Waals surface area (Å²) in [6.07, 6.45) is 0.820. The van der Waals surface area contributed by atoms with Crippen LogP contribution < -0.4 is 0 Å².